The molecule has 4 rings (SSSR count). The number of nitrogens with zero attached hydrogens (tertiary/aromatic N) is 3. The molecule has 0 atom stereocenters. The van der Waals surface area contributed by atoms with Crippen LogP contribution in [0.4, 0.5) is 5.69 Å². The Kier molecular flexibility index (Phi) is 6.09. The van der Waals surface area contributed by atoms with E-state index in [0.717, 1.165) is 11.1 Å². The number of hydrogen-bond acceptors (Lipinski definition) is 6. The molecule has 0 aliphatic carbocycles. The fraction of sp³-hybridized carbons (Fsp3) is 0.320. The van der Waals surface area contributed by atoms with Gasteiger partial charge in [-0.3, -0.25) is 19.3 Å². The number of carbonyl (C=O) groups excluding carboxylic acids is 3. The largest absolute Gasteiger partial charge is 0.334 e. The highest BCUT2D eigenvalue weighted by Gasteiger charge is 2.35. The molecule has 1 aromatic heterocycles. The monoisotopic (exact) mass is 446 g/mol. The molecule has 0 spiro atoms. The van der Waals surface area contributed by atoms with E-state index in [2.05, 4.69) is 15.5 Å². The summed E-state index contributed by atoms with van der Waals surface area (Å²) in [6, 6.07) is 10.8. The van der Waals surface area contributed by atoms with Crippen molar-refractivity contribution >= 4 is 23.4 Å². The van der Waals surface area contributed by atoms with Crippen LogP contribution in [0.1, 0.15) is 70.3 Å². The zero-order chi connectivity index (χ0) is 23.7. The lowest BCUT2D eigenvalue weighted by Gasteiger charge is -2.14. The number of para-hydroxylation sites is 1. The molecule has 33 heavy (non-hydrogen) atoms. The third-order valence-corrected chi connectivity index (χ3v) is 5.64. The van der Waals surface area contributed by atoms with E-state index in [4.69, 9.17) is 4.52 Å². The van der Waals surface area contributed by atoms with Crippen LogP contribution in [0.15, 0.2) is 40.9 Å². The minimum absolute atomic E-state index is 0.122. The third kappa shape index (κ3) is 4.41. The predicted molar refractivity (Wildman–Crippen MR) is 123 cm³/mol. The Bertz CT molecular complexity index is 1240. The Morgan fingerprint density at radius 2 is 1.82 bits per heavy atom. The molecule has 170 valence electrons. The van der Waals surface area contributed by atoms with Gasteiger partial charge in [0.15, 0.2) is 5.82 Å². The first-order valence-corrected chi connectivity index (χ1v) is 11.0. The van der Waals surface area contributed by atoms with Crippen molar-refractivity contribution in [2.24, 2.45) is 0 Å². The zero-order valence-corrected chi connectivity index (χ0v) is 19.1. The highest BCUT2D eigenvalue weighted by Crippen LogP contribution is 2.31. The molecule has 0 saturated heterocycles. The number of amides is 3. The van der Waals surface area contributed by atoms with Gasteiger partial charge in [0.25, 0.3) is 17.7 Å². The molecule has 1 aliphatic heterocycles. The van der Waals surface area contributed by atoms with Gasteiger partial charge in [0, 0.05) is 18.9 Å². The number of aromatic nitrogens is 2. The van der Waals surface area contributed by atoms with Crippen molar-refractivity contribution < 1.29 is 18.9 Å². The van der Waals surface area contributed by atoms with Gasteiger partial charge in [0.05, 0.1) is 22.4 Å². The highest BCUT2D eigenvalue weighted by atomic mass is 16.5. The number of carbonyl (C=O) groups is 3. The molecule has 0 unspecified atom stereocenters. The maximum absolute atomic E-state index is 12.7. The molecule has 2 aromatic carbocycles. The zero-order valence-electron chi connectivity index (χ0n) is 19.1. The van der Waals surface area contributed by atoms with Crippen molar-refractivity contribution in [1.29, 1.82) is 0 Å². The van der Waals surface area contributed by atoms with E-state index in [9.17, 15) is 14.4 Å². The van der Waals surface area contributed by atoms with Gasteiger partial charge in [-0.15, -0.1) is 0 Å². The second-order valence-corrected chi connectivity index (χ2v) is 8.57. The molecule has 1 aliphatic rings. The van der Waals surface area contributed by atoms with Crippen LogP contribution in [0.3, 0.4) is 0 Å². The molecule has 1 N–H and O–H groups in total. The number of rotatable bonds is 7. The van der Waals surface area contributed by atoms with Crippen LogP contribution in [0.25, 0.3) is 11.5 Å². The SMILES string of the molecule is Cc1ccc2c(c1)C(=O)N(CCCC(=O)Nc1c(C)cccc1-c1nc(C(C)C)no1)C2=O. The van der Waals surface area contributed by atoms with Gasteiger partial charge in [-0.2, -0.15) is 4.98 Å². The van der Waals surface area contributed by atoms with Gasteiger partial charge in [-0.1, -0.05) is 42.8 Å². The standard InChI is InChI=1S/C25H26N4O4/c1-14(2)22-27-23(33-28-22)18-8-5-7-16(4)21(18)26-20(30)9-6-12-29-24(31)17-11-10-15(3)13-19(17)25(29)32/h5,7-8,10-11,13-14H,6,9,12H2,1-4H3,(H,26,30). The Morgan fingerprint density at radius 3 is 2.55 bits per heavy atom. The predicted octanol–water partition coefficient (Wildman–Crippen LogP) is 4.49. The van der Waals surface area contributed by atoms with Gasteiger partial charge >= 0.3 is 0 Å². The highest BCUT2D eigenvalue weighted by molar-refractivity contribution is 6.21. The molecule has 0 bridgehead atoms. The smallest absolute Gasteiger partial charge is 0.261 e. The second kappa shape index (κ2) is 8.97. The van der Waals surface area contributed by atoms with Crippen molar-refractivity contribution in [1.82, 2.24) is 15.0 Å². The Hall–Kier alpha value is -3.81. The molecule has 2 heterocycles. The van der Waals surface area contributed by atoms with Crippen LogP contribution >= 0.6 is 0 Å². The average molecular weight is 447 g/mol. The van der Waals surface area contributed by atoms with Crippen LogP contribution in [-0.4, -0.2) is 39.3 Å². The molecular weight excluding hydrogens is 420 g/mol. The van der Waals surface area contributed by atoms with Crippen LogP contribution < -0.4 is 5.32 Å². The van der Waals surface area contributed by atoms with Crippen molar-refractivity contribution in [3.63, 3.8) is 0 Å². The summed E-state index contributed by atoms with van der Waals surface area (Å²) in [5.74, 6) is 0.226. The van der Waals surface area contributed by atoms with Gasteiger partial charge in [-0.05, 0) is 44.0 Å². The van der Waals surface area contributed by atoms with Crippen LogP contribution in [0, 0.1) is 13.8 Å². The minimum atomic E-state index is -0.311. The number of hydrogen-bond donors (Lipinski definition) is 1. The third-order valence-electron chi connectivity index (χ3n) is 5.64. The van der Waals surface area contributed by atoms with E-state index in [1.165, 1.54) is 4.90 Å². The summed E-state index contributed by atoms with van der Waals surface area (Å²) < 4.78 is 5.41. The number of benzene rings is 2. The molecule has 8 heteroatoms. The van der Waals surface area contributed by atoms with E-state index < -0.39 is 0 Å². The minimum Gasteiger partial charge on any atom is -0.334 e. The fourth-order valence-electron chi connectivity index (χ4n) is 3.80. The van der Waals surface area contributed by atoms with E-state index in [1.807, 2.05) is 52.0 Å². The Morgan fingerprint density at radius 1 is 1.06 bits per heavy atom. The summed E-state index contributed by atoms with van der Waals surface area (Å²) in [6.45, 7) is 7.90. The maximum atomic E-state index is 12.7. The summed E-state index contributed by atoms with van der Waals surface area (Å²) in [6.07, 6.45) is 0.511. The molecule has 0 radical (unpaired) electrons. The molecule has 0 fully saturated rings. The molecule has 8 nitrogen and oxygen atoms in total. The first kappa shape index (κ1) is 22.4. The van der Waals surface area contributed by atoms with E-state index >= 15 is 0 Å². The van der Waals surface area contributed by atoms with E-state index in [-0.39, 0.29) is 36.6 Å². The molecule has 0 saturated carbocycles. The van der Waals surface area contributed by atoms with Crippen LogP contribution in [-0.2, 0) is 4.79 Å². The lowest BCUT2D eigenvalue weighted by Crippen LogP contribution is -2.31. The van der Waals surface area contributed by atoms with Crippen molar-refractivity contribution in [2.45, 2.75) is 46.5 Å². The number of nitrogens with one attached hydrogen (secondary N) is 1. The summed E-state index contributed by atoms with van der Waals surface area (Å²) in [5.41, 5.74) is 3.89. The van der Waals surface area contributed by atoms with Gasteiger partial charge in [-0.25, -0.2) is 0 Å². The van der Waals surface area contributed by atoms with Crippen LogP contribution in [0.2, 0.25) is 0 Å². The quantitative estimate of drug-likeness (QED) is 0.536. The average Bonchev–Trinajstić information content (AvgIpc) is 3.35. The number of fused-ring (bicyclic) bond motifs is 1. The number of anilines is 1. The first-order chi connectivity index (χ1) is 15.8. The van der Waals surface area contributed by atoms with Crippen molar-refractivity contribution in [2.75, 3.05) is 11.9 Å². The lowest BCUT2D eigenvalue weighted by atomic mass is 10.1. The van der Waals surface area contributed by atoms with Gasteiger partial charge in [0.1, 0.15) is 0 Å². The second-order valence-electron chi connectivity index (χ2n) is 8.57. The summed E-state index contributed by atoms with van der Waals surface area (Å²) in [5, 5.41) is 6.94. The number of aryl methyl sites for hydroxylation is 2. The Labute approximate surface area is 192 Å². The maximum Gasteiger partial charge on any atom is 0.261 e. The molecule has 3 amide bonds. The lowest BCUT2D eigenvalue weighted by molar-refractivity contribution is -0.116. The molecular formula is C25H26N4O4. The molecule has 3 aromatic rings. The summed E-state index contributed by atoms with van der Waals surface area (Å²) in [7, 11) is 0. The van der Waals surface area contributed by atoms with Gasteiger partial charge in [0.2, 0.25) is 5.91 Å². The Balaban J connectivity index is 1.41. The van der Waals surface area contributed by atoms with Crippen molar-refractivity contribution in [3.8, 4) is 11.5 Å². The normalized spacial score (nSPS) is 13.1. The van der Waals surface area contributed by atoms with Crippen LogP contribution in [0.5, 0.6) is 0 Å². The van der Waals surface area contributed by atoms with E-state index in [1.54, 1.807) is 12.1 Å². The topological polar surface area (TPSA) is 105 Å². The van der Waals surface area contributed by atoms with E-state index in [0.29, 0.717) is 40.5 Å². The first-order valence-electron chi connectivity index (χ1n) is 11.0. The van der Waals surface area contributed by atoms with Gasteiger partial charge < -0.3 is 9.84 Å². The summed E-state index contributed by atoms with van der Waals surface area (Å²) in [4.78, 5) is 43.5. The summed E-state index contributed by atoms with van der Waals surface area (Å²) >= 11 is 0. The van der Waals surface area contributed by atoms with Crippen molar-refractivity contribution in [3.05, 3.63) is 64.5 Å². The fourth-order valence-corrected chi connectivity index (χ4v) is 3.80. The number of imide groups is 1.